The van der Waals surface area contributed by atoms with Crippen LogP contribution in [0.1, 0.15) is 32.3 Å². The molecule has 3 rings (SSSR count). The number of hydrogen-bond donors (Lipinski definition) is 1. The van der Waals surface area contributed by atoms with Gasteiger partial charge in [-0.1, -0.05) is 18.2 Å². The molecule has 0 spiro atoms. The molecule has 1 N–H and O–H groups in total. The van der Waals surface area contributed by atoms with Gasteiger partial charge in [0.15, 0.2) is 0 Å². The van der Waals surface area contributed by atoms with E-state index in [1.165, 1.54) is 17.0 Å². The van der Waals surface area contributed by atoms with Gasteiger partial charge in [-0.3, -0.25) is 9.59 Å². The van der Waals surface area contributed by atoms with Crippen molar-refractivity contribution in [3.63, 3.8) is 0 Å². The van der Waals surface area contributed by atoms with Gasteiger partial charge in [-0.2, -0.15) is 0 Å². The van der Waals surface area contributed by atoms with Crippen molar-refractivity contribution in [2.75, 3.05) is 33.7 Å². The zero-order valence-electron chi connectivity index (χ0n) is 14.9. The smallest absolute Gasteiger partial charge is 0.254 e. The Morgan fingerprint density at radius 3 is 2.58 bits per heavy atom. The summed E-state index contributed by atoms with van der Waals surface area (Å²) in [6, 6.07) is 12.8. The molecule has 2 aromatic rings. The lowest BCUT2D eigenvalue weighted by Gasteiger charge is -2.36. The Kier molecular flexibility index (Phi) is 5.32. The number of hydrogen-bond acceptors (Lipinski definition) is 3. The third kappa shape index (κ3) is 3.75. The molecule has 0 radical (unpaired) electrons. The summed E-state index contributed by atoms with van der Waals surface area (Å²) in [6.07, 6.45) is 0. The molecule has 5 nitrogen and oxygen atoms in total. The van der Waals surface area contributed by atoms with E-state index in [1.807, 2.05) is 6.07 Å². The van der Waals surface area contributed by atoms with Gasteiger partial charge < -0.3 is 15.1 Å². The number of halogens is 1. The second kappa shape index (κ2) is 7.66. The summed E-state index contributed by atoms with van der Waals surface area (Å²) in [5.74, 6) is -0.630. The van der Waals surface area contributed by atoms with E-state index in [0.717, 1.165) is 5.56 Å². The number of nitrogens with one attached hydrogen (secondary N) is 1. The van der Waals surface area contributed by atoms with Gasteiger partial charge in [-0.15, -0.1) is 0 Å². The fourth-order valence-electron chi connectivity index (χ4n) is 3.17. The largest absolute Gasteiger partial charge is 0.345 e. The van der Waals surface area contributed by atoms with Crippen LogP contribution in [-0.2, 0) is 0 Å². The van der Waals surface area contributed by atoms with Crippen LogP contribution in [0.3, 0.4) is 0 Å². The fraction of sp³-hybridized carbons (Fsp3) is 0.300. The van der Waals surface area contributed by atoms with Crippen molar-refractivity contribution in [3.05, 3.63) is 71.0 Å². The summed E-state index contributed by atoms with van der Waals surface area (Å²) < 4.78 is 13.6. The van der Waals surface area contributed by atoms with Crippen LogP contribution in [0.4, 0.5) is 4.39 Å². The van der Waals surface area contributed by atoms with E-state index in [1.54, 1.807) is 49.3 Å². The summed E-state index contributed by atoms with van der Waals surface area (Å²) in [6.45, 7) is 1.76. The summed E-state index contributed by atoms with van der Waals surface area (Å²) in [7, 11) is 3.35. The number of benzene rings is 2. The van der Waals surface area contributed by atoms with Gasteiger partial charge in [0.1, 0.15) is 5.82 Å². The Balaban J connectivity index is 1.90. The normalized spacial score (nSPS) is 17.0. The zero-order valence-corrected chi connectivity index (χ0v) is 14.9. The first-order chi connectivity index (χ1) is 12.5. The molecule has 1 aliphatic heterocycles. The highest BCUT2D eigenvalue weighted by Crippen LogP contribution is 2.25. The van der Waals surface area contributed by atoms with Crippen molar-refractivity contribution in [3.8, 4) is 0 Å². The molecule has 2 amide bonds. The quantitative estimate of drug-likeness (QED) is 0.919. The fourth-order valence-corrected chi connectivity index (χ4v) is 3.17. The minimum absolute atomic E-state index is 0.151. The van der Waals surface area contributed by atoms with Crippen molar-refractivity contribution in [1.29, 1.82) is 0 Å². The van der Waals surface area contributed by atoms with Crippen LogP contribution in [0, 0.1) is 5.82 Å². The van der Waals surface area contributed by atoms with E-state index in [4.69, 9.17) is 0 Å². The molecule has 136 valence electrons. The molecular weight excluding hydrogens is 333 g/mol. The number of carbonyl (C=O) groups excluding carboxylic acids is 2. The van der Waals surface area contributed by atoms with Gasteiger partial charge in [0.25, 0.3) is 11.8 Å². The van der Waals surface area contributed by atoms with Gasteiger partial charge in [0, 0.05) is 44.9 Å². The molecule has 0 bridgehead atoms. The monoisotopic (exact) mass is 355 g/mol. The highest BCUT2D eigenvalue weighted by atomic mass is 19.1. The van der Waals surface area contributed by atoms with Crippen LogP contribution >= 0.6 is 0 Å². The van der Waals surface area contributed by atoms with Crippen LogP contribution in [0.2, 0.25) is 0 Å². The van der Waals surface area contributed by atoms with Crippen molar-refractivity contribution in [1.82, 2.24) is 15.1 Å². The van der Waals surface area contributed by atoms with E-state index in [2.05, 4.69) is 5.32 Å². The SMILES string of the molecule is CN(C)C(=O)c1cccc(C(=O)N2CCNCC2c2cccc(F)c2)c1. The number of amides is 2. The highest BCUT2D eigenvalue weighted by molar-refractivity contribution is 5.99. The Morgan fingerprint density at radius 1 is 1.12 bits per heavy atom. The topological polar surface area (TPSA) is 52.7 Å². The van der Waals surface area contributed by atoms with Gasteiger partial charge in [-0.05, 0) is 35.9 Å². The van der Waals surface area contributed by atoms with E-state index in [0.29, 0.717) is 30.8 Å². The Labute approximate surface area is 152 Å². The van der Waals surface area contributed by atoms with Crippen LogP contribution in [-0.4, -0.2) is 55.3 Å². The van der Waals surface area contributed by atoms with Crippen LogP contribution in [0.25, 0.3) is 0 Å². The van der Waals surface area contributed by atoms with Gasteiger partial charge in [0.05, 0.1) is 6.04 Å². The minimum Gasteiger partial charge on any atom is -0.345 e. The van der Waals surface area contributed by atoms with Gasteiger partial charge >= 0.3 is 0 Å². The number of carbonyl (C=O) groups is 2. The third-order valence-corrected chi connectivity index (χ3v) is 4.50. The van der Waals surface area contributed by atoms with E-state index in [-0.39, 0.29) is 23.7 Å². The average molecular weight is 355 g/mol. The summed E-state index contributed by atoms with van der Waals surface area (Å²) >= 11 is 0. The van der Waals surface area contributed by atoms with Crippen molar-refractivity contribution in [2.45, 2.75) is 6.04 Å². The first-order valence-electron chi connectivity index (χ1n) is 8.56. The lowest BCUT2D eigenvalue weighted by Crippen LogP contribution is -2.48. The number of rotatable bonds is 3. The average Bonchev–Trinajstić information content (AvgIpc) is 2.67. The maximum Gasteiger partial charge on any atom is 0.254 e. The maximum atomic E-state index is 13.6. The zero-order chi connectivity index (χ0) is 18.7. The third-order valence-electron chi connectivity index (χ3n) is 4.50. The van der Waals surface area contributed by atoms with Gasteiger partial charge in [-0.25, -0.2) is 4.39 Å². The molecule has 0 saturated carbocycles. The van der Waals surface area contributed by atoms with Crippen molar-refractivity contribution < 1.29 is 14.0 Å². The molecule has 1 fully saturated rings. The van der Waals surface area contributed by atoms with Crippen LogP contribution < -0.4 is 5.32 Å². The molecule has 1 heterocycles. The minimum atomic E-state index is -0.320. The number of piperazine rings is 1. The lowest BCUT2D eigenvalue weighted by molar-refractivity contribution is 0.0634. The van der Waals surface area contributed by atoms with Crippen molar-refractivity contribution in [2.24, 2.45) is 0 Å². The van der Waals surface area contributed by atoms with E-state index >= 15 is 0 Å². The molecule has 0 aliphatic carbocycles. The maximum absolute atomic E-state index is 13.6. The molecule has 6 heteroatoms. The Bertz CT molecular complexity index is 822. The molecule has 1 aliphatic rings. The predicted octanol–water partition coefficient (Wildman–Crippen LogP) is 2.31. The Morgan fingerprint density at radius 2 is 1.85 bits per heavy atom. The second-order valence-corrected chi connectivity index (χ2v) is 6.55. The second-order valence-electron chi connectivity index (χ2n) is 6.55. The molecule has 0 aromatic heterocycles. The molecule has 26 heavy (non-hydrogen) atoms. The summed E-state index contributed by atoms with van der Waals surface area (Å²) in [5.41, 5.74) is 1.69. The molecule has 1 atom stereocenters. The van der Waals surface area contributed by atoms with E-state index < -0.39 is 0 Å². The first kappa shape index (κ1) is 18.1. The lowest BCUT2D eigenvalue weighted by atomic mass is 10.0. The van der Waals surface area contributed by atoms with Gasteiger partial charge in [0.2, 0.25) is 0 Å². The standard InChI is InChI=1S/C20H22FN3O2/c1-23(2)19(25)15-6-3-7-16(11-15)20(26)24-10-9-22-13-18(24)14-5-4-8-17(21)12-14/h3-8,11-12,18,22H,9-10,13H2,1-2H3. The van der Waals surface area contributed by atoms with Crippen molar-refractivity contribution >= 4 is 11.8 Å². The molecule has 1 unspecified atom stereocenters. The summed E-state index contributed by atoms with van der Waals surface area (Å²) in [4.78, 5) is 28.5. The highest BCUT2D eigenvalue weighted by Gasteiger charge is 2.29. The number of nitrogens with zero attached hydrogens (tertiary/aromatic N) is 2. The van der Waals surface area contributed by atoms with Crippen LogP contribution in [0.5, 0.6) is 0 Å². The molecule has 1 saturated heterocycles. The Hall–Kier alpha value is -2.73. The first-order valence-corrected chi connectivity index (χ1v) is 8.56. The molecule has 2 aromatic carbocycles. The van der Waals surface area contributed by atoms with E-state index in [9.17, 15) is 14.0 Å². The summed E-state index contributed by atoms with van der Waals surface area (Å²) in [5, 5.41) is 3.26. The van der Waals surface area contributed by atoms with Crippen LogP contribution in [0.15, 0.2) is 48.5 Å². The predicted molar refractivity (Wildman–Crippen MR) is 97.5 cm³/mol. The molecular formula is C20H22FN3O2.